The van der Waals surface area contributed by atoms with Crippen LogP contribution in [0.15, 0.2) is 24.3 Å². The lowest BCUT2D eigenvalue weighted by Crippen LogP contribution is -2.17. The molecule has 100 valence electrons. The largest absolute Gasteiger partial charge is 0.481 e. The number of nitrogens with one attached hydrogen (secondary N) is 1. The van der Waals surface area contributed by atoms with Crippen LogP contribution in [0.2, 0.25) is 0 Å². The molecule has 0 saturated carbocycles. The first-order valence-electron chi connectivity index (χ1n) is 6.19. The van der Waals surface area contributed by atoms with Gasteiger partial charge in [-0.25, -0.2) is 0 Å². The lowest BCUT2D eigenvalue weighted by atomic mass is 10.1. The fraction of sp³-hybridized carbons (Fsp3) is 0.500. The molecule has 0 aromatic heterocycles. The van der Waals surface area contributed by atoms with Gasteiger partial charge in [-0.1, -0.05) is 12.1 Å². The van der Waals surface area contributed by atoms with Gasteiger partial charge in [0.1, 0.15) is 0 Å². The zero-order chi connectivity index (χ0) is 13.5. The van der Waals surface area contributed by atoms with Crippen molar-refractivity contribution in [1.82, 2.24) is 4.90 Å². The summed E-state index contributed by atoms with van der Waals surface area (Å²) < 4.78 is 0. The van der Waals surface area contributed by atoms with Gasteiger partial charge in [0.2, 0.25) is 0 Å². The molecule has 0 aliphatic heterocycles. The number of hydrogen-bond donors (Lipinski definition) is 2. The van der Waals surface area contributed by atoms with Crippen molar-refractivity contribution in [3.8, 4) is 0 Å². The third-order valence-corrected chi connectivity index (χ3v) is 2.63. The highest BCUT2D eigenvalue weighted by atomic mass is 16.4. The Morgan fingerprint density at radius 2 is 2.17 bits per heavy atom. The van der Waals surface area contributed by atoms with Gasteiger partial charge in [-0.15, -0.1) is 0 Å². The molecule has 0 bridgehead atoms. The molecule has 0 fully saturated rings. The van der Waals surface area contributed by atoms with Crippen molar-refractivity contribution < 1.29 is 9.90 Å². The highest BCUT2D eigenvalue weighted by Crippen LogP contribution is 2.14. The molecular weight excluding hydrogens is 228 g/mol. The van der Waals surface area contributed by atoms with E-state index in [9.17, 15) is 4.79 Å². The Morgan fingerprint density at radius 3 is 2.78 bits per heavy atom. The van der Waals surface area contributed by atoms with Gasteiger partial charge in [-0.2, -0.15) is 0 Å². The smallest absolute Gasteiger partial charge is 0.303 e. The topological polar surface area (TPSA) is 52.6 Å². The van der Waals surface area contributed by atoms with Crippen molar-refractivity contribution in [1.29, 1.82) is 0 Å². The van der Waals surface area contributed by atoms with E-state index in [-0.39, 0.29) is 12.5 Å². The quantitative estimate of drug-likeness (QED) is 0.780. The maximum atomic E-state index is 10.5. The Kier molecular flexibility index (Phi) is 5.65. The second kappa shape index (κ2) is 7.01. The van der Waals surface area contributed by atoms with E-state index >= 15 is 0 Å². The normalized spacial score (nSPS) is 12.4. The van der Waals surface area contributed by atoms with Crippen LogP contribution in [-0.4, -0.2) is 36.1 Å². The van der Waals surface area contributed by atoms with Gasteiger partial charge in [-0.05, 0) is 45.1 Å². The predicted octanol–water partition coefficient (Wildman–Crippen LogP) is 2.41. The summed E-state index contributed by atoms with van der Waals surface area (Å²) in [5, 5.41) is 12.0. The molecule has 0 aliphatic carbocycles. The number of carboxylic acids is 1. The van der Waals surface area contributed by atoms with Crippen molar-refractivity contribution in [2.24, 2.45) is 0 Å². The fourth-order valence-electron chi connectivity index (χ4n) is 1.82. The maximum Gasteiger partial charge on any atom is 0.303 e. The molecule has 18 heavy (non-hydrogen) atoms. The summed E-state index contributed by atoms with van der Waals surface area (Å²) in [5.41, 5.74) is 2.29. The molecule has 0 saturated heterocycles. The van der Waals surface area contributed by atoms with Crippen LogP contribution in [0, 0.1) is 0 Å². The summed E-state index contributed by atoms with van der Waals surface area (Å²) in [6.07, 6.45) is 0.832. The van der Waals surface area contributed by atoms with Gasteiger partial charge < -0.3 is 15.3 Å². The molecule has 0 spiro atoms. The molecule has 2 N–H and O–H groups in total. The predicted molar refractivity (Wildman–Crippen MR) is 73.8 cm³/mol. The van der Waals surface area contributed by atoms with Crippen LogP contribution in [0.1, 0.15) is 25.3 Å². The Balaban J connectivity index is 2.53. The van der Waals surface area contributed by atoms with E-state index in [1.165, 1.54) is 5.56 Å². The summed E-state index contributed by atoms with van der Waals surface area (Å²) >= 11 is 0. The van der Waals surface area contributed by atoms with Crippen molar-refractivity contribution in [3.05, 3.63) is 29.8 Å². The Morgan fingerprint density at radius 1 is 1.44 bits per heavy atom. The minimum absolute atomic E-state index is 0.163. The lowest BCUT2D eigenvalue weighted by Gasteiger charge is -2.16. The van der Waals surface area contributed by atoms with E-state index in [2.05, 4.69) is 22.3 Å². The van der Waals surface area contributed by atoms with Gasteiger partial charge in [0, 0.05) is 24.7 Å². The summed E-state index contributed by atoms with van der Waals surface area (Å²) in [5.74, 6) is -0.745. The third kappa shape index (κ3) is 5.68. The second-order valence-corrected chi connectivity index (χ2v) is 4.92. The van der Waals surface area contributed by atoms with Gasteiger partial charge >= 0.3 is 5.97 Å². The first-order valence-corrected chi connectivity index (χ1v) is 6.19. The van der Waals surface area contributed by atoms with E-state index in [0.29, 0.717) is 6.42 Å². The minimum Gasteiger partial charge on any atom is -0.481 e. The van der Waals surface area contributed by atoms with E-state index in [4.69, 9.17) is 5.11 Å². The van der Waals surface area contributed by atoms with E-state index in [0.717, 1.165) is 12.2 Å². The first-order chi connectivity index (χ1) is 8.47. The SMILES string of the molecule is CC(CCC(=O)O)Nc1cccc(CN(C)C)c1. The van der Waals surface area contributed by atoms with Crippen LogP contribution in [0.4, 0.5) is 5.69 Å². The standard InChI is InChI=1S/C14H22N2O2/c1-11(7-8-14(17)18)15-13-6-4-5-12(9-13)10-16(2)3/h4-6,9,11,15H,7-8,10H2,1-3H3,(H,17,18). The minimum atomic E-state index is -0.745. The van der Waals surface area contributed by atoms with E-state index in [1.54, 1.807) is 0 Å². The molecular formula is C14H22N2O2. The highest BCUT2D eigenvalue weighted by Gasteiger charge is 2.05. The van der Waals surface area contributed by atoms with E-state index in [1.807, 2.05) is 33.2 Å². The summed E-state index contributed by atoms with van der Waals surface area (Å²) in [7, 11) is 4.07. The Labute approximate surface area is 109 Å². The van der Waals surface area contributed by atoms with Gasteiger partial charge in [0.25, 0.3) is 0 Å². The number of benzene rings is 1. The summed E-state index contributed by atoms with van der Waals surface area (Å²) in [4.78, 5) is 12.6. The van der Waals surface area contributed by atoms with Crippen LogP contribution in [-0.2, 0) is 11.3 Å². The lowest BCUT2D eigenvalue weighted by molar-refractivity contribution is -0.137. The zero-order valence-electron chi connectivity index (χ0n) is 11.3. The zero-order valence-corrected chi connectivity index (χ0v) is 11.3. The molecule has 1 aromatic rings. The molecule has 0 aliphatic rings. The number of carboxylic acid groups (broad SMARTS) is 1. The summed E-state index contributed by atoms with van der Waals surface area (Å²) in [6.45, 7) is 2.90. The van der Waals surface area contributed by atoms with Crippen LogP contribution < -0.4 is 5.32 Å². The fourth-order valence-corrected chi connectivity index (χ4v) is 1.82. The monoisotopic (exact) mass is 250 g/mol. The highest BCUT2D eigenvalue weighted by molar-refractivity contribution is 5.66. The molecule has 4 nitrogen and oxygen atoms in total. The van der Waals surface area contributed by atoms with Crippen molar-refractivity contribution >= 4 is 11.7 Å². The molecule has 1 unspecified atom stereocenters. The van der Waals surface area contributed by atoms with Gasteiger partial charge in [0.15, 0.2) is 0 Å². The number of carbonyl (C=O) groups is 1. The Hall–Kier alpha value is -1.55. The number of nitrogens with zero attached hydrogens (tertiary/aromatic N) is 1. The molecule has 1 rings (SSSR count). The number of aliphatic carboxylic acids is 1. The first kappa shape index (κ1) is 14.5. The Bertz CT molecular complexity index is 391. The van der Waals surface area contributed by atoms with E-state index < -0.39 is 5.97 Å². The number of rotatable bonds is 7. The number of hydrogen-bond acceptors (Lipinski definition) is 3. The van der Waals surface area contributed by atoms with Gasteiger partial charge in [-0.3, -0.25) is 4.79 Å². The van der Waals surface area contributed by atoms with Crippen molar-refractivity contribution in [2.75, 3.05) is 19.4 Å². The van der Waals surface area contributed by atoms with Crippen LogP contribution in [0.25, 0.3) is 0 Å². The second-order valence-electron chi connectivity index (χ2n) is 4.92. The van der Waals surface area contributed by atoms with Crippen molar-refractivity contribution in [2.45, 2.75) is 32.4 Å². The molecule has 1 aromatic carbocycles. The molecule has 0 amide bonds. The van der Waals surface area contributed by atoms with Crippen LogP contribution in [0.5, 0.6) is 0 Å². The van der Waals surface area contributed by atoms with Gasteiger partial charge in [0.05, 0.1) is 0 Å². The molecule has 4 heteroatoms. The van der Waals surface area contributed by atoms with Crippen molar-refractivity contribution in [3.63, 3.8) is 0 Å². The van der Waals surface area contributed by atoms with Crippen LogP contribution >= 0.6 is 0 Å². The summed E-state index contributed by atoms with van der Waals surface area (Å²) in [6, 6.07) is 8.39. The third-order valence-electron chi connectivity index (χ3n) is 2.63. The molecule has 1 atom stereocenters. The average molecular weight is 250 g/mol. The molecule has 0 radical (unpaired) electrons. The van der Waals surface area contributed by atoms with Crippen LogP contribution in [0.3, 0.4) is 0 Å². The maximum absolute atomic E-state index is 10.5. The average Bonchev–Trinajstić information content (AvgIpc) is 2.26. The number of anilines is 1. The molecule has 0 heterocycles.